The Morgan fingerprint density at radius 2 is 2.06 bits per heavy atom. The minimum atomic E-state index is 0.409. The zero-order valence-corrected chi connectivity index (χ0v) is 12.4. The van der Waals surface area contributed by atoms with Crippen molar-refractivity contribution >= 4 is 16.9 Å². The highest BCUT2D eigenvalue weighted by Gasteiger charge is 2.39. The highest BCUT2D eigenvalue weighted by Crippen LogP contribution is 2.38. The van der Waals surface area contributed by atoms with E-state index in [-0.39, 0.29) is 0 Å². The summed E-state index contributed by atoms with van der Waals surface area (Å²) in [7, 11) is 0. The highest BCUT2D eigenvalue weighted by atomic mass is 32.2. The molecular formula is C15H26N2S. The van der Waals surface area contributed by atoms with Gasteiger partial charge in [-0.15, -0.1) is 0 Å². The van der Waals surface area contributed by atoms with Crippen molar-refractivity contribution in [2.45, 2.75) is 63.8 Å². The fourth-order valence-corrected chi connectivity index (χ4v) is 4.39. The standard InChI is InChI=1S/C15H26N2S/c1-12-6-8-15(9-7-12)11-18-14(17-15)16-10-2-3-13-4-5-13/h12-13H,2-11H2,1H3,(H,16,17). The number of nitrogens with zero attached hydrogens (tertiary/aromatic N) is 1. The van der Waals surface area contributed by atoms with Crippen LogP contribution in [0, 0.1) is 11.8 Å². The first-order chi connectivity index (χ1) is 8.76. The fraction of sp³-hybridized carbons (Fsp3) is 0.933. The predicted molar refractivity (Wildman–Crippen MR) is 80.2 cm³/mol. The normalized spacial score (nSPS) is 38.3. The van der Waals surface area contributed by atoms with Gasteiger partial charge in [-0.25, -0.2) is 0 Å². The van der Waals surface area contributed by atoms with Gasteiger partial charge in [0.25, 0.3) is 0 Å². The number of nitrogens with one attached hydrogen (secondary N) is 1. The van der Waals surface area contributed by atoms with Crippen LogP contribution >= 0.6 is 11.8 Å². The summed E-state index contributed by atoms with van der Waals surface area (Å²) in [5.41, 5.74) is 0.409. The summed E-state index contributed by atoms with van der Waals surface area (Å²) in [6, 6.07) is 0. The third-order valence-electron chi connectivity index (χ3n) is 4.81. The monoisotopic (exact) mass is 266 g/mol. The van der Waals surface area contributed by atoms with Gasteiger partial charge in [-0.1, -0.05) is 31.5 Å². The number of hydrogen-bond donors (Lipinski definition) is 1. The van der Waals surface area contributed by atoms with Crippen LogP contribution in [0.15, 0.2) is 4.99 Å². The largest absolute Gasteiger partial charge is 0.359 e. The van der Waals surface area contributed by atoms with Crippen LogP contribution in [0.1, 0.15) is 58.3 Å². The molecule has 0 atom stereocenters. The quantitative estimate of drug-likeness (QED) is 0.782. The lowest BCUT2D eigenvalue weighted by Gasteiger charge is -2.35. The molecule has 1 N–H and O–H groups in total. The van der Waals surface area contributed by atoms with Crippen LogP contribution in [0.5, 0.6) is 0 Å². The Labute approximate surface area is 115 Å². The van der Waals surface area contributed by atoms with Gasteiger partial charge in [-0.2, -0.15) is 0 Å². The summed E-state index contributed by atoms with van der Waals surface area (Å²) in [5.74, 6) is 3.24. The van der Waals surface area contributed by atoms with Crippen molar-refractivity contribution in [2.75, 3.05) is 12.3 Å². The predicted octanol–water partition coefficient (Wildman–Crippen LogP) is 3.82. The Morgan fingerprint density at radius 1 is 1.28 bits per heavy atom. The maximum Gasteiger partial charge on any atom is 0.157 e. The van der Waals surface area contributed by atoms with Crippen molar-refractivity contribution in [1.82, 2.24) is 5.32 Å². The minimum Gasteiger partial charge on any atom is -0.359 e. The maximum absolute atomic E-state index is 4.76. The van der Waals surface area contributed by atoms with E-state index in [0.29, 0.717) is 5.54 Å². The molecule has 1 spiro atoms. The van der Waals surface area contributed by atoms with E-state index in [2.05, 4.69) is 12.2 Å². The third kappa shape index (κ3) is 3.23. The van der Waals surface area contributed by atoms with Crippen LogP contribution in [0.3, 0.4) is 0 Å². The molecule has 1 heterocycles. The second kappa shape index (κ2) is 5.44. The van der Waals surface area contributed by atoms with Crippen molar-refractivity contribution in [1.29, 1.82) is 0 Å². The van der Waals surface area contributed by atoms with E-state index in [0.717, 1.165) is 18.4 Å². The van der Waals surface area contributed by atoms with Crippen molar-refractivity contribution in [3.05, 3.63) is 0 Å². The molecule has 1 aliphatic heterocycles. The molecule has 2 saturated carbocycles. The Bertz CT molecular complexity index is 314. The van der Waals surface area contributed by atoms with Crippen molar-refractivity contribution in [3.8, 4) is 0 Å². The lowest BCUT2D eigenvalue weighted by atomic mass is 9.78. The summed E-state index contributed by atoms with van der Waals surface area (Å²) >= 11 is 1.96. The molecule has 3 heteroatoms. The van der Waals surface area contributed by atoms with Gasteiger partial charge >= 0.3 is 0 Å². The van der Waals surface area contributed by atoms with E-state index in [1.54, 1.807) is 0 Å². The first-order valence-corrected chi connectivity index (χ1v) is 8.70. The van der Waals surface area contributed by atoms with Gasteiger partial charge in [0.2, 0.25) is 0 Å². The lowest BCUT2D eigenvalue weighted by molar-refractivity contribution is 0.251. The number of amidine groups is 1. The van der Waals surface area contributed by atoms with Crippen LogP contribution in [0.25, 0.3) is 0 Å². The molecule has 0 aromatic heterocycles. The Balaban J connectivity index is 1.43. The average molecular weight is 266 g/mol. The smallest absolute Gasteiger partial charge is 0.157 e. The summed E-state index contributed by atoms with van der Waals surface area (Å²) in [6.07, 6.45) is 11.1. The van der Waals surface area contributed by atoms with Gasteiger partial charge < -0.3 is 5.32 Å². The topological polar surface area (TPSA) is 24.4 Å². The molecular weight excluding hydrogens is 240 g/mol. The van der Waals surface area contributed by atoms with E-state index in [4.69, 9.17) is 4.99 Å². The minimum absolute atomic E-state index is 0.409. The summed E-state index contributed by atoms with van der Waals surface area (Å²) in [6.45, 7) is 3.43. The maximum atomic E-state index is 4.76. The molecule has 3 fully saturated rings. The first kappa shape index (κ1) is 12.8. The Hall–Kier alpha value is -0.180. The number of thioether (sulfide) groups is 1. The fourth-order valence-electron chi connectivity index (χ4n) is 3.14. The molecule has 0 bridgehead atoms. The average Bonchev–Trinajstić information content (AvgIpc) is 3.12. The van der Waals surface area contributed by atoms with Crippen molar-refractivity contribution in [2.24, 2.45) is 16.8 Å². The zero-order chi connectivity index (χ0) is 12.4. The van der Waals surface area contributed by atoms with Crippen molar-refractivity contribution < 1.29 is 0 Å². The molecule has 1 saturated heterocycles. The second-order valence-electron chi connectivity index (χ2n) is 6.65. The van der Waals surface area contributed by atoms with Crippen LogP contribution < -0.4 is 5.32 Å². The molecule has 3 aliphatic rings. The van der Waals surface area contributed by atoms with Crippen LogP contribution in [0.4, 0.5) is 0 Å². The number of aliphatic imine (C=N–C) groups is 1. The molecule has 3 rings (SSSR count). The van der Waals surface area contributed by atoms with E-state index < -0.39 is 0 Å². The molecule has 0 radical (unpaired) electrons. The molecule has 2 aliphatic carbocycles. The summed E-state index contributed by atoms with van der Waals surface area (Å²) in [5, 5.41) is 4.98. The van der Waals surface area contributed by atoms with Crippen LogP contribution in [0.2, 0.25) is 0 Å². The van der Waals surface area contributed by atoms with Gasteiger partial charge in [0.1, 0.15) is 0 Å². The first-order valence-electron chi connectivity index (χ1n) is 7.71. The second-order valence-corrected chi connectivity index (χ2v) is 7.61. The van der Waals surface area contributed by atoms with E-state index in [9.17, 15) is 0 Å². The molecule has 0 aromatic carbocycles. The SMILES string of the molecule is CC1CCC2(CC1)CSC(=NCCCC1CC1)N2. The van der Waals surface area contributed by atoms with Gasteiger partial charge in [-0.05, 0) is 50.4 Å². The molecule has 0 amide bonds. The van der Waals surface area contributed by atoms with E-state index >= 15 is 0 Å². The third-order valence-corrected chi connectivity index (χ3v) is 6.01. The Kier molecular flexibility index (Phi) is 3.88. The molecule has 102 valence electrons. The van der Waals surface area contributed by atoms with Crippen LogP contribution in [-0.4, -0.2) is 23.0 Å². The van der Waals surface area contributed by atoms with Gasteiger partial charge in [0, 0.05) is 17.8 Å². The molecule has 2 nitrogen and oxygen atoms in total. The van der Waals surface area contributed by atoms with Gasteiger partial charge in [0.15, 0.2) is 5.17 Å². The lowest BCUT2D eigenvalue weighted by Crippen LogP contribution is -2.46. The van der Waals surface area contributed by atoms with Crippen molar-refractivity contribution in [3.63, 3.8) is 0 Å². The molecule has 0 unspecified atom stereocenters. The Morgan fingerprint density at radius 3 is 2.78 bits per heavy atom. The molecule has 0 aromatic rings. The summed E-state index contributed by atoms with van der Waals surface area (Å²) < 4.78 is 0. The highest BCUT2D eigenvalue weighted by molar-refractivity contribution is 8.14. The zero-order valence-electron chi connectivity index (χ0n) is 11.6. The van der Waals surface area contributed by atoms with E-state index in [1.807, 2.05) is 11.8 Å². The van der Waals surface area contributed by atoms with Gasteiger partial charge in [-0.3, -0.25) is 4.99 Å². The van der Waals surface area contributed by atoms with Gasteiger partial charge in [0.05, 0.1) is 0 Å². The van der Waals surface area contributed by atoms with Crippen LogP contribution in [-0.2, 0) is 0 Å². The number of hydrogen-bond acceptors (Lipinski definition) is 2. The summed E-state index contributed by atoms with van der Waals surface area (Å²) in [4.78, 5) is 4.76. The molecule has 18 heavy (non-hydrogen) atoms. The van der Waals surface area contributed by atoms with E-state index in [1.165, 1.54) is 62.3 Å². The number of rotatable bonds is 4.